The van der Waals surface area contributed by atoms with Gasteiger partial charge in [0.2, 0.25) is 0 Å². The molecule has 1 unspecified atom stereocenters. The van der Waals surface area contributed by atoms with Crippen LogP contribution in [0, 0.1) is 17.5 Å². The maximum atomic E-state index is 15.2. The lowest BCUT2D eigenvalue weighted by atomic mass is 9.93. The van der Waals surface area contributed by atoms with E-state index in [0.717, 1.165) is 11.1 Å². The molecule has 0 radical (unpaired) electrons. The summed E-state index contributed by atoms with van der Waals surface area (Å²) in [4.78, 5) is 15.0. The lowest BCUT2D eigenvalue weighted by Crippen LogP contribution is -2.09. The van der Waals surface area contributed by atoms with E-state index in [1.807, 2.05) is 36.4 Å². The van der Waals surface area contributed by atoms with E-state index in [-0.39, 0.29) is 11.5 Å². The zero-order chi connectivity index (χ0) is 30.7. The number of aryl methyl sites for hydroxylation is 3. The van der Waals surface area contributed by atoms with Crippen molar-refractivity contribution in [2.24, 2.45) is 0 Å². The third-order valence-corrected chi connectivity index (χ3v) is 7.70. The van der Waals surface area contributed by atoms with Crippen molar-refractivity contribution < 1.29 is 27.8 Å². The number of methoxy groups -OCH3 is 1. The highest BCUT2D eigenvalue weighted by atomic mass is 19.1. The van der Waals surface area contributed by atoms with Gasteiger partial charge in [-0.3, -0.25) is 4.79 Å². The number of hydrogen-bond donors (Lipinski definition) is 2. The van der Waals surface area contributed by atoms with Crippen molar-refractivity contribution >= 4 is 5.78 Å². The van der Waals surface area contributed by atoms with Gasteiger partial charge >= 0.3 is 0 Å². The van der Waals surface area contributed by atoms with Crippen molar-refractivity contribution in [2.45, 2.75) is 39.2 Å². The van der Waals surface area contributed by atoms with Gasteiger partial charge in [0.05, 0.1) is 18.4 Å². The van der Waals surface area contributed by atoms with Gasteiger partial charge in [-0.05, 0) is 97.0 Å². The average molecular weight is 584 g/mol. The van der Waals surface area contributed by atoms with Crippen LogP contribution in [0.5, 0.6) is 5.75 Å². The molecule has 0 spiro atoms. The number of nitrogens with one attached hydrogen (secondary N) is 1. The molecule has 220 valence electrons. The first-order valence-electron chi connectivity index (χ1n) is 14.1. The Labute approximate surface area is 248 Å². The molecule has 4 nitrogen and oxygen atoms in total. The molecule has 0 saturated heterocycles. The highest BCUT2D eigenvalue weighted by molar-refractivity contribution is 5.94. The van der Waals surface area contributed by atoms with Gasteiger partial charge in [0, 0.05) is 22.4 Å². The number of H-pyrrole nitrogens is 1. The second kappa shape index (κ2) is 12.7. The molecule has 7 heteroatoms. The first-order valence-corrected chi connectivity index (χ1v) is 14.1. The fraction of sp³-hybridized carbons (Fsp3) is 0.194. The minimum atomic E-state index is -1.67. The number of benzene rings is 4. The second-order valence-electron chi connectivity index (χ2n) is 10.5. The van der Waals surface area contributed by atoms with Crippen molar-refractivity contribution in [1.29, 1.82) is 0 Å². The molecule has 0 saturated carbocycles. The maximum absolute atomic E-state index is 15.2. The minimum Gasteiger partial charge on any atom is -0.496 e. The van der Waals surface area contributed by atoms with E-state index in [9.17, 15) is 14.3 Å². The van der Waals surface area contributed by atoms with Gasteiger partial charge in [-0.1, -0.05) is 43.3 Å². The molecule has 0 amide bonds. The number of aliphatic hydroxyl groups excluding tert-OH is 1. The molecule has 0 aliphatic rings. The van der Waals surface area contributed by atoms with E-state index < -0.39 is 29.1 Å². The zero-order valence-electron chi connectivity index (χ0n) is 24.2. The topological polar surface area (TPSA) is 62.3 Å². The number of halogens is 3. The van der Waals surface area contributed by atoms with Crippen molar-refractivity contribution in [3.05, 3.63) is 136 Å². The van der Waals surface area contributed by atoms with E-state index in [1.54, 1.807) is 38.3 Å². The van der Waals surface area contributed by atoms with Gasteiger partial charge in [-0.2, -0.15) is 0 Å². The molecule has 4 aromatic carbocycles. The van der Waals surface area contributed by atoms with Crippen LogP contribution >= 0.6 is 0 Å². The summed E-state index contributed by atoms with van der Waals surface area (Å²) >= 11 is 0. The fourth-order valence-corrected chi connectivity index (χ4v) is 5.40. The molecular weight excluding hydrogens is 551 g/mol. The number of rotatable bonds is 10. The summed E-state index contributed by atoms with van der Waals surface area (Å²) in [6.07, 6.45) is 0.00543. The number of Topliss-reactive ketones (excluding diaryl/α,β-unsaturated/α-hetero) is 1. The van der Waals surface area contributed by atoms with Crippen LogP contribution in [0.2, 0.25) is 0 Å². The zero-order valence-corrected chi connectivity index (χ0v) is 24.2. The van der Waals surface area contributed by atoms with Crippen LogP contribution in [-0.4, -0.2) is 23.0 Å². The summed E-state index contributed by atoms with van der Waals surface area (Å²) < 4.78 is 49.9. The monoisotopic (exact) mass is 583 g/mol. The number of aromatic nitrogens is 1. The molecule has 0 aliphatic heterocycles. The predicted molar refractivity (Wildman–Crippen MR) is 162 cm³/mol. The molecule has 43 heavy (non-hydrogen) atoms. The largest absolute Gasteiger partial charge is 0.496 e. The van der Waals surface area contributed by atoms with E-state index in [4.69, 9.17) is 4.74 Å². The minimum absolute atomic E-state index is 0.00543. The Bertz CT molecular complexity index is 1750. The smallest absolute Gasteiger partial charge is 0.159 e. The number of carbonyl (C=O) groups excluding carboxylic acids is 1. The van der Waals surface area contributed by atoms with Crippen LogP contribution in [0.1, 0.15) is 58.3 Å². The van der Waals surface area contributed by atoms with Crippen LogP contribution in [0.15, 0.2) is 84.9 Å². The lowest BCUT2D eigenvalue weighted by molar-refractivity contribution is 0.101. The molecule has 2 N–H and O–H groups in total. The molecule has 1 aromatic heterocycles. The van der Waals surface area contributed by atoms with Crippen molar-refractivity contribution in [3.63, 3.8) is 0 Å². The normalized spacial score (nSPS) is 11.9. The Morgan fingerprint density at radius 1 is 0.860 bits per heavy atom. The van der Waals surface area contributed by atoms with Crippen molar-refractivity contribution in [2.75, 3.05) is 7.11 Å². The van der Waals surface area contributed by atoms with E-state index >= 15 is 8.78 Å². The van der Waals surface area contributed by atoms with Gasteiger partial charge in [0.1, 0.15) is 29.3 Å². The van der Waals surface area contributed by atoms with Gasteiger partial charge in [-0.25, -0.2) is 13.2 Å². The maximum Gasteiger partial charge on any atom is 0.159 e. The highest BCUT2D eigenvalue weighted by Gasteiger charge is 2.27. The number of aromatic amines is 1. The standard InChI is InChI=1S/C36H32F3NO3/c1-4-22-18-30(38)33(31(39)19-22)35(42)34-29(20-32(40-34)24-13-15-27(37)16-14-24)28-10-6-8-25(36(28)43-3)12-11-23-7-5-9-26(17-23)21(2)41/h5-10,13-20,35,40,42H,4,11-12H2,1-3H3. The number of para-hydroxylation sites is 1. The lowest BCUT2D eigenvalue weighted by Gasteiger charge is -2.18. The van der Waals surface area contributed by atoms with E-state index in [0.29, 0.717) is 58.5 Å². The van der Waals surface area contributed by atoms with Gasteiger partial charge in [-0.15, -0.1) is 0 Å². The van der Waals surface area contributed by atoms with Crippen LogP contribution < -0.4 is 4.74 Å². The van der Waals surface area contributed by atoms with Crippen LogP contribution in [-0.2, 0) is 19.3 Å². The number of ether oxygens (including phenoxy) is 1. The molecular formula is C36H32F3NO3. The Kier molecular flexibility index (Phi) is 8.83. The SMILES string of the molecule is CCc1cc(F)c(C(O)c2[nH]c(-c3ccc(F)cc3)cc2-c2cccc(CCc3cccc(C(C)=O)c3)c2OC)c(F)c1. The fourth-order valence-electron chi connectivity index (χ4n) is 5.40. The molecule has 5 aromatic rings. The predicted octanol–water partition coefficient (Wildman–Crippen LogP) is 8.41. The van der Waals surface area contributed by atoms with Crippen molar-refractivity contribution in [3.8, 4) is 28.1 Å². The van der Waals surface area contributed by atoms with Gasteiger partial charge < -0.3 is 14.8 Å². The first kappa shape index (κ1) is 29.9. The number of hydrogen-bond acceptors (Lipinski definition) is 3. The van der Waals surface area contributed by atoms with Crippen LogP contribution in [0.3, 0.4) is 0 Å². The van der Waals surface area contributed by atoms with Crippen LogP contribution in [0.4, 0.5) is 13.2 Å². The number of aliphatic hydroxyl groups is 1. The Balaban J connectivity index is 1.61. The second-order valence-corrected chi connectivity index (χ2v) is 10.5. The molecule has 5 rings (SSSR count). The first-order chi connectivity index (χ1) is 20.7. The van der Waals surface area contributed by atoms with Gasteiger partial charge in [0.25, 0.3) is 0 Å². The van der Waals surface area contributed by atoms with Crippen molar-refractivity contribution in [1.82, 2.24) is 4.98 Å². The van der Waals surface area contributed by atoms with Crippen LogP contribution in [0.25, 0.3) is 22.4 Å². The Morgan fingerprint density at radius 2 is 1.56 bits per heavy atom. The summed E-state index contributed by atoms with van der Waals surface area (Å²) in [7, 11) is 1.55. The molecule has 0 fully saturated rings. The molecule has 1 heterocycles. The summed E-state index contributed by atoms with van der Waals surface area (Å²) in [5.41, 5.74) is 4.96. The molecule has 0 aliphatic carbocycles. The van der Waals surface area contributed by atoms with E-state index in [2.05, 4.69) is 4.98 Å². The van der Waals surface area contributed by atoms with Gasteiger partial charge in [0.15, 0.2) is 5.78 Å². The third-order valence-electron chi connectivity index (χ3n) is 7.70. The molecule has 0 bridgehead atoms. The number of carbonyl (C=O) groups is 1. The Morgan fingerprint density at radius 3 is 2.21 bits per heavy atom. The summed E-state index contributed by atoms with van der Waals surface area (Å²) in [6.45, 7) is 3.33. The third kappa shape index (κ3) is 6.27. The summed E-state index contributed by atoms with van der Waals surface area (Å²) in [5.74, 6) is -1.55. The molecule has 1 atom stereocenters. The highest BCUT2D eigenvalue weighted by Crippen LogP contribution is 2.42. The Hall–Kier alpha value is -4.62. The quantitative estimate of drug-likeness (QED) is 0.162. The summed E-state index contributed by atoms with van der Waals surface area (Å²) in [6, 6.07) is 23.1. The number of ketones is 1. The summed E-state index contributed by atoms with van der Waals surface area (Å²) in [5, 5.41) is 11.5. The average Bonchev–Trinajstić information content (AvgIpc) is 3.45. The van der Waals surface area contributed by atoms with E-state index in [1.165, 1.54) is 31.2 Å².